The van der Waals surface area contributed by atoms with Crippen LogP contribution in [0.25, 0.3) is 5.52 Å². The van der Waals surface area contributed by atoms with E-state index in [4.69, 9.17) is 19.6 Å². The zero-order valence-corrected chi connectivity index (χ0v) is 23.5. The van der Waals surface area contributed by atoms with Crippen molar-refractivity contribution in [2.24, 2.45) is 0 Å². The predicted molar refractivity (Wildman–Crippen MR) is 167 cm³/mol. The van der Waals surface area contributed by atoms with E-state index in [-0.39, 0.29) is 0 Å². The molecule has 0 spiro atoms. The van der Waals surface area contributed by atoms with Crippen LogP contribution in [0, 0.1) is 0 Å². The quantitative estimate of drug-likeness (QED) is 0.134. The third-order valence-electron chi connectivity index (χ3n) is 7.36. The van der Waals surface area contributed by atoms with Gasteiger partial charge in [0.2, 0.25) is 11.8 Å². The van der Waals surface area contributed by atoms with Gasteiger partial charge < -0.3 is 14.8 Å². The Kier molecular flexibility index (Phi) is 7.68. The fourth-order valence-corrected chi connectivity index (χ4v) is 5.31. The lowest BCUT2D eigenvalue weighted by atomic mass is 9.77. The van der Waals surface area contributed by atoms with Gasteiger partial charge in [0.1, 0.15) is 23.4 Å². The third-order valence-corrected chi connectivity index (χ3v) is 7.36. The number of hydrogen-bond acceptors (Lipinski definition) is 5. The van der Waals surface area contributed by atoms with Gasteiger partial charge in [0.15, 0.2) is 0 Å². The molecule has 0 aliphatic rings. The molecular formula is C36H32N4O2. The number of nitrogens with one attached hydrogen (secondary N) is 1. The van der Waals surface area contributed by atoms with Gasteiger partial charge in [-0.25, -0.2) is 4.52 Å². The average Bonchev–Trinajstić information content (AvgIpc) is 3.46. The minimum absolute atomic E-state index is 0.385. The van der Waals surface area contributed by atoms with Crippen LogP contribution >= 0.6 is 0 Å². The number of nitrogens with zero attached hydrogens (tertiary/aromatic N) is 3. The van der Waals surface area contributed by atoms with Crippen molar-refractivity contribution in [3.05, 3.63) is 168 Å². The first-order valence-corrected chi connectivity index (χ1v) is 13.9. The molecule has 2 aromatic heterocycles. The summed E-state index contributed by atoms with van der Waals surface area (Å²) >= 11 is 0. The Labute approximate surface area is 245 Å². The number of hydrogen-bond donors (Lipinski definition) is 1. The average molecular weight is 553 g/mol. The first kappa shape index (κ1) is 26.8. The molecule has 0 aliphatic heterocycles. The standard InChI is InChI=1S/C36H32N4O2/c1-3-13-31-22-25-33-34(42-26-27-14-7-4-8-15-27)37-35(39-40(31)33)38-36(28-16-9-5-10-17-28,29-18-11-6-12-19-29)30-20-23-32(41-2)24-21-30/h3-12,14-25H,1,13,26H2,2H3,(H,38,39). The maximum atomic E-state index is 6.35. The topological polar surface area (TPSA) is 60.7 Å². The molecular weight excluding hydrogens is 520 g/mol. The summed E-state index contributed by atoms with van der Waals surface area (Å²) in [6.07, 6.45) is 2.53. The van der Waals surface area contributed by atoms with E-state index >= 15 is 0 Å². The second-order valence-corrected chi connectivity index (χ2v) is 9.96. The van der Waals surface area contributed by atoms with Crippen LogP contribution in [0.3, 0.4) is 0 Å². The molecule has 0 saturated heterocycles. The largest absolute Gasteiger partial charge is 0.497 e. The van der Waals surface area contributed by atoms with Crippen molar-refractivity contribution in [3.8, 4) is 11.6 Å². The van der Waals surface area contributed by atoms with Gasteiger partial charge in [0, 0.05) is 12.1 Å². The fourth-order valence-electron chi connectivity index (χ4n) is 5.31. The smallest absolute Gasteiger partial charge is 0.245 e. The zero-order chi connectivity index (χ0) is 28.8. The van der Waals surface area contributed by atoms with Crippen LogP contribution < -0.4 is 14.8 Å². The van der Waals surface area contributed by atoms with Gasteiger partial charge in [-0.2, -0.15) is 4.98 Å². The van der Waals surface area contributed by atoms with Gasteiger partial charge in [-0.15, -0.1) is 11.7 Å². The van der Waals surface area contributed by atoms with Gasteiger partial charge in [-0.1, -0.05) is 109 Å². The van der Waals surface area contributed by atoms with Crippen molar-refractivity contribution in [1.29, 1.82) is 0 Å². The Morgan fingerprint density at radius 3 is 1.95 bits per heavy atom. The van der Waals surface area contributed by atoms with E-state index < -0.39 is 5.54 Å². The monoisotopic (exact) mass is 552 g/mol. The number of fused-ring (bicyclic) bond motifs is 1. The van der Waals surface area contributed by atoms with Crippen LogP contribution in [0.5, 0.6) is 11.6 Å². The number of benzene rings is 4. The molecule has 1 N–H and O–H groups in total. The fraction of sp³-hybridized carbons (Fsp3) is 0.111. The number of ether oxygens (including phenoxy) is 2. The minimum atomic E-state index is -0.828. The number of methoxy groups -OCH3 is 1. The highest BCUT2D eigenvalue weighted by atomic mass is 16.5. The van der Waals surface area contributed by atoms with Gasteiger partial charge in [-0.3, -0.25) is 0 Å². The lowest BCUT2D eigenvalue weighted by Crippen LogP contribution is -2.39. The Morgan fingerprint density at radius 1 is 0.762 bits per heavy atom. The van der Waals surface area contributed by atoms with Gasteiger partial charge in [0.25, 0.3) is 0 Å². The summed E-state index contributed by atoms with van der Waals surface area (Å²) in [7, 11) is 1.67. The van der Waals surface area contributed by atoms with Crippen molar-refractivity contribution >= 4 is 11.5 Å². The molecule has 42 heavy (non-hydrogen) atoms. The number of aromatic nitrogens is 3. The summed E-state index contributed by atoms with van der Waals surface area (Å²) in [4.78, 5) is 4.97. The Bertz CT molecular complexity index is 1730. The number of allylic oxidation sites excluding steroid dienone is 1. The van der Waals surface area contributed by atoms with Crippen LogP contribution in [0.4, 0.5) is 5.95 Å². The van der Waals surface area contributed by atoms with Crippen molar-refractivity contribution < 1.29 is 9.47 Å². The van der Waals surface area contributed by atoms with Crippen LogP contribution in [-0.2, 0) is 18.6 Å². The van der Waals surface area contributed by atoms with E-state index in [0.29, 0.717) is 24.9 Å². The summed E-state index contributed by atoms with van der Waals surface area (Å²) in [5.41, 5.74) is 5.10. The molecule has 0 unspecified atom stereocenters. The highest BCUT2D eigenvalue weighted by Crippen LogP contribution is 2.40. The normalized spacial score (nSPS) is 11.3. The maximum absolute atomic E-state index is 6.35. The Balaban J connectivity index is 1.54. The molecule has 6 rings (SSSR count). The van der Waals surface area contributed by atoms with E-state index in [1.54, 1.807) is 7.11 Å². The van der Waals surface area contributed by atoms with Gasteiger partial charge in [-0.05, 0) is 46.5 Å². The second-order valence-electron chi connectivity index (χ2n) is 9.96. The van der Waals surface area contributed by atoms with Gasteiger partial charge >= 0.3 is 0 Å². The second kappa shape index (κ2) is 12.0. The molecule has 0 amide bonds. The predicted octanol–water partition coefficient (Wildman–Crippen LogP) is 7.45. The highest BCUT2D eigenvalue weighted by molar-refractivity contribution is 5.62. The summed E-state index contributed by atoms with van der Waals surface area (Å²) < 4.78 is 13.7. The summed E-state index contributed by atoms with van der Waals surface area (Å²) in [5.74, 6) is 1.71. The van der Waals surface area contributed by atoms with E-state index in [1.807, 2.05) is 102 Å². The van der Waals surface area contributed by atoms with Crippen molar-refractivity contribution in [2.75, 3.05) is 12.4 Å². The van der Waals surface area contributed by atoms with E-state index in [1.165, 1.54) is 0 Å². The molecule has 0 aliphatic carbocycles. The van der Waals surface area contributed by atoms with E-state index in [0.717, 1.165) is 39.2 Å². The lowest BCUT2D eigenvalue weighted by Gasteiger charge is -2.37. The first-order valence-electron chi connectivity index (χ1n) is 13.9. The van der Waals surface area contributed by atoms with Gasteiger partial charge in [0.05, 0.1) is 7.11 Å². The maximum Gasteiger partial charge on any atom is 0.245 e. The molecule has 0 saturated carbocycles. The summed E-state index contributed by atoms with van der Waals surface area (Å²) in [6, 6.07) is 42.9. The van der Waals surface area contributed by atoms with Crippen LogP contribution in [0.1, 0.15) is 27.9 Å². The van der Waals surface area contributed by atoms with Crippen LogP contribution in [0.15, 0.2) is 140 Å². The van der Waals surface area contributed by atoms with Crippen LogP contribution in [0.2, 0.25) is 0 Å². The van der Waals surface area contributed by atoms with Crippen molar-refractivity contribution in [3.63, 3.8) is 0 Å². The van der Waals surface area contributed by atoms with E-state index in [2.05, 4.69) is 48.3 Å². The molecule has 208 valence electrons. The van der Waals surface area contributed by atoms with E-state index in [9.17, 15) is 0 Å². The molecule has 0 radical (unpaired) electrons. The molecule has 0 atom stereocenters. The molecule has 4 aromatic carbocycles. The number of anilines is 1. The Hall–Kier alpha value is -5.36. The SMILES string of the molecule is C=CCc1ccc2c(OCc3ccccc3)nc(NC(c3ccccc3)(c3ccccc3)c3ccc(OC)cc3)nn12. The first-order chi connectivity index (χ1) is 20.7. The highest BCUT2D eigenvalue weighted by Gasteiger charge is 2.37. The summed E-state index contributed by atoms with van der Waals surface area (Å²) in [5, 5.41) is 8.79. The summed E-state index contributed by atoms with van der Waals surface area (Å²) in [6.45, 7) is 4.33. The van der Waals surface area contributed by atoms with Crippen LogP contribution in [-0.4, -0.2) is 21.7 Å². The Morgan fingerprint density at radius 2 is 1.36 bits per heavy atom. The minimum Gasteiger partial charge on any atom is -0.497 e. The molecule has 2 heterocycles. The van der Waals surface area contributed by atoms with Crippen molar-refractivity contribution in [2.45, 2.75) is 18.6 Å². The molecule has 0 fully saturated rings. The number of rotatable bonds is 11. The lowest BCUT2D eigenvalue weighted by molar-refractivity contribution is 0.296. The molecule has 6 nitrogen and oxygen atoms in total. The molecule has 6 aromatic rings. The van der Waals surface area contributed by atoms with Crippen molar-refractivity contribution in [1.82, 2.24) is 14.6 Å². The zero-order valence-electron chi connectivity index (χ0n) is 23.5. The third kappa shape index (κ3) is 5.22. The molecule has 0 bridgehead atoms. The molecule has 6 heteroatoms.